The van der Waals surface area contributed by atoms with Gasteiger partial charge in [-0.1, -0.05) is 18.7 Å². The molecule has 0 saturated carbocycles. The summed E-state index contributed by atoms with van der Waals surface area (Å²) in [6, 6.07) is 5.61. The summed E-state index contributed by atoms with van der Waals surface area (Å²) in [5.74, 6) is -2.69. The lowest BCUT2D eigenvalue weighted by atomic mass is 10.0. The van der Waals surface area contributed by atoms with Gasteiger partial charge in [0.25, 0.3) is 5.92 Å². The Balaban J connectivity index is 1.05. The van der Waals surface area contributed by atoms with Crippen molar-refractivity contribution in [2.75, 3.05) is 63.8 Å². The number of thiophene rings is 1. The largest absolute Gasteiger partial charge is 0.368 e. The van der Waals surface area contributed by atoms with Crippen LogP contribution in [0.4, 0.5) is 14.5 Å². The van der Waals surface area contributed by atoms with Gasteiger partial charge < -0.3 is 14.7 Å². The molecule has 1 aromatic carbocycles. The number of carbonyl (C=O) groups excluding carboxylic acids is 1. The van der Waals surface area contributed by atoms with Gasteiger partial charge in [-0.15, -0.1) is 11.3 Å². The lowest BCUT2D eigenvalue weighted by molar-refractivity contribution is -0.132. The third-order valence-electron chi connectivity index (χ3n) is 8.25. The highest BCUT2D eigenvalue weighted by Gasteiger charge is 2.29. The minimum atomic E-state index is -3.00. The van der Waals surface area contributed by atoms with E-state index in [0.29, 0.717) is 24.4 Å². The predicted molar refractivity (Wildman–Crippen MR) is 144 cm³/mol. The van der Waals surface area contributed by atoms with Gasteiger partial charge in [0.15, 0.2) is 0 Å². The molecular weight excluding hydrogens is 478 g/mol. The Morgan fingerprint density at radius 2 is 1.78 bits per heavy atom. The molecule has 3 aliphatic heterocycles. The third-order valence-corrected chi connectivity index (χ3v) is 9.18. The summed E-state index contributed by atoms with van der Waals surface area (Å²) >= 11 is 1.52. The van der Waals surface area contributed by atoms with Crippen LogP contribution in [0.3, 0.4) is 0 Å². The zero-order valence-electron chi connectivity index (χ0n) is 21.1. The van der Waals surface area contributed by atoms with E-state index in [9.17, 15) is 13.6 Å². The number of anilines is 1. The van der Waals surface area contributed by atoms with Crippen molar-refractivity contribution in [3.8, 4) is 0 Å². The molecule has 196 valence electrons. The average Bonchev–Trinajstić information content (AvgIpc) is 3.59. The second kappa shape index (κ2) is 11.2. The SMILES string of the molecule is C=CC(F)(F)c1ccc2c(N3CCN(CCCC(=O)N4CCC(N5CCCC5)CC4)CC3)csc2c1. The molecule has 2 aromatic rings. The standard InChI is InChI=1S/C28H38F2N4OS/c1-2-28(29,30)22-7-8-24-25(21-36-26(24)20-22)33-18-16-31(17-19-33)11-5-6-27(35)34-14-9-23(10-15-34)32-12-3-4-13-32/h2,7-8,20-21,23H,1,3-6,9-19H2. The number of piperidine rings is 1. The number of hydrogen-bond donors (Lipinski definition) is 0. The number of halogens is 2. The highest BCUT2D eigenvalue weighted by Crippen LogP contribution is 2.38. The normalized spacial score (nSPS) is 20.9. The highest BCUT2D eigenvalue weighted by molar-refractivity contribution is 7.17. The van der Waals surface area contributed by atoms with Gasteiger partial charge in [-0.25, -0.2) is 0 Å². The zero-order valence-corrected chi connectivity index (χ0v) is 22.0. The van der Waals surface area contributed by atoms with Gasteiger partial charge in [0.2, 0.25) is 5.91 Å². The first-order valence-electron chi connectivity index (χ1n) is 13.5. The Morgan fingerprint density at radius 3 is 2.47 bits per heavy atom. The summed E-state index contributed by atoms with van der Waals surface area (Å²) in [6.07, 6.45) is 7.16. The number of benzene rings is 1. The second-order valence-electron chi connectivity index (χ2n) is 10.4. The number of alkyl halides is 2. The van der Waals surface area contributed by atoms with E-state index in [1.807, 2.05) is 6.07 Å². The van der Waals surface area contributed by atoms with E-state index in [2.05, 4.69) is 31.6 Å². The minimum Gasteiger partial charge on any atom is -0.368 e. The zero-order chi connectivity index (χ0) is 25.1. The van der Waals surface area contributed by atoms with Crippen LogP contribution in [0, 0.1) is 0 Å². The second-order valence-corrected chi connectivity index (χ2v) is 11.4. The Hall–Kier alpha value is -2.03. The van der Waals surface area contributed by atoms with Crippen molar-refractivity contribution in [2.24, 2.45) is 0 Å². The molecule has 0 atom stereocenters. The monoisotopic (exact) mass is 516 g/mol. The average molecular weight is 517 g/mol. The molecule has 1 amide bonds. The van der Waals surface area contributed by atoms with Crippen LogP contribution in [0.2, 0.25) is 0 Å². The number of hydrogen-bond acceptors (Lipinski definition) is 5. The maximum Gasteiger partial charge on any atom is 0.291 e. The molecule has 0 N–H and O–H groups in total. The Morgan fingerprint density at radius 1 is 1.06 bits per heavy atom. The molecule has 0 aliphatic carbocycles. The minimum absolute atomic E-state index is 0.00581. The predicted octanol–water partition coefficient (Wildman–Crippen LogP) is 5.17. The molecule has 0 radical (unpaired) electrons. The molecule has 1 aromatic heterocycles. The molecule has 3 saturated heterocycles. The fourth-order valence-corrected chi connectivity index (χ4v) is 7.01. The number of amides is 1. The van der Waals surface area contributed by atoms with E-state index < -0.39 is 5.92 Å². The molecule has 4 heterocycles. The molecule has 36 heavy (non-hydrogen) atoms. The summed E-state index contributed by atoms with van der Waals surface area (Å²) in [6.45, 7) is 12.3. The van der Waals surface area contributed by atoms with Crippen LogP contribution < -0.4 is 4.90 Å². The van der Waals surface area contributed by atoms with E-state index in [1.54, 1.807) is 6.07 Å². The van der Waals surface area contributed by atoms with Crippen LogP contribution >= 0.6 is 11.3 Å². The van der Waals surface area contributed by atoms with Crippen molar-refractivity contribution >= 4 is 33.0 Å². The quantitative estimate of drug-likeness (QED) is 0.453. The number of fused-ring (bicyclic) bond motifs is 1. The number of carbonyl (C=O) groups is 1. The van der Waals surface area contributed by atoms with E-state index in [1.165, 1.54) is 43.3 Å². The van der Waals surface area contributed by atoms with Crippen molar-refractivity contribution in [2.45, 2.75) is 50.5 Å². The number of nitrogens with zero attached hydrogens (tertiary/aromatic N) is 4. The van der Waals surface area contributed by atoms with Crippen molar-refractivity contribution in [1.82, 2.24) is 14.7 Å². The van der Waals surface area contributed by atoms with E-state index >= 15 is 0 Å². The molecule has 3 fully saturated rings. The maximum atomic E-state index is 14.0. The summed E-state index contributed by atoms with van der Waals surface area (Å²) in [5.41, 5.74) is 1.13. The first-order valence-corrected chi connectivity index (χ1v) is 14.3. The summed E-state index contributed by atoms with van der Waals surface area (Å²) < 4.78 is 28.9. The molecule has 0 unspecified atom stereocenters. The topological polar surface area (TPSA) is 30.0 Å². The van der Waals surface area contributed by atoms with Gasteiger partial charge >= 0.3 is 0 Å². The maximum absolute atomic E-state index is 14.0. The molecule has 5 nitrogen and oxygen atoms in total. The third kappa shape index (κ3) is 5.60. The number of likely N-dealkylation sites (tertiary alicyclic amines) is 2. The van der Waals surface area contributed by atoms with Gasteiger partial charge in [-0.05, 0) is 63.9 Å². The van der Waals surface area contributed by atoms with Crippen molar-refractivity contribution < 1.29 is 13.6 Å². The first kappa shape index (κ1) is 25.6. The Bertz CT molecular complexity index is 1050. The van der Waals surface area contributed by atoms with Gasteiger partial charge in [-0.3, -0.25) is 9.69 Å². The van der Waals surface area contributed by atoms with Crippen LogP contribution in [0.5, 0.6) is 0 Å². The smallest absolute Gasteiger partial charge is 0.291 e. The van der Waals surface area contributed by atoms with E-state index in [4.69, 9.17) is 0 Å². The Kier molecular flexibility index (Phi) is 7.93. The van der Waals surface area contributed by atoms with Crippen LogP contribution in [-0.2, 0) is 10.7 Å². The van der Waals surface area contributed by atoms with Crippen molar-refractivity contribution in [3.05, 3.63) is 41.8 Å². The first-order chi connectivity index (χ1) is 17.4. The fourth-order valence-electron chi connectivity index (χ4n) is 6.00. The van der Waals surface area contributed by atoms with Gasteiger partial charge in [0, 0.05) is 72.8 Å². The molecule has 5 rings (SSSR count). The molecule has 0 bridgehead atoms. The van der Waals surface area contributed by atoms with Gasteiger partial charge in [0.05, 0.1) is 5.69 Å². The molecule has 0 spiro atoms. The van der Waals surface area contributed by atoms with Crippen molar-refractivity contribution in [1.29, 1.82) is 0 Å². The van der Waals surface area contributed by atoms with Crippen molar-refractivity contribution in [3.63, 3.8) is 0 Å². The lowest BCUT2D eigenvalue weighted by Gasteiger charge is -2.37. The highest BCUT2D eigenvalue weighted by atomic mass is 32.1. The lowest BCUT2D eigenvalue weighted by Crippen LogP contribution is -2.47. The summed E-state index contributed by atoms with van der Waals surface area (Å²) in [7, 11) is 0. The number of piperazine rings is 1. The fraction of sp³-hybridized carbons (Fsp3) is 0.607. The number of allylic oxidation sites excluding steroid dienone is 1. The van der Waals surface area contributed by atoms with Crippen LogP contribution in [0.1, 0.15) is 44.1 Å². The van der Waals surface area contributed by atoms with Crippen LogP contribution in [0.15, 0.2) is 36.2 Å². The van der Waals surface area contributed by atoms with Gasteiger partial charge in [-0.2, -0.15) is 8.78 Å². The molecule has 3 aliphatic rings. The van der Waals surface area contributed by atoms with E-state index in [0.717, 1.165) is 80.8 Å². The molecule has 8 heteroatoms. The van der Waals surface area contributed by atoms with Crippen LogP contribution in [-0.4, -0.2) is 85.6 Å². The number of rotatable bonds is 8. The van der Waals surface area contributed by atoms with E-state index in [-0.39, 0.29) is 5.56 Å². The summed E-state index contributed by atoms with van der Waals surface area (Å²) in [5, 5.41) is 3.12. The van der Waals surface area contributed by atoms with Crippen LogP contribution in [0.25, 0.3) is 10.1 Å². The summed E-state index contributed by atoms with van der Waals surface area (Å²) in [4.78, 5) is 22.3. The molecular formula is C28H38F2N4OS. The van der Waals surface area contributed by atoms with Gasteiger partial charge in [0.1, 0.15) is 0 Å². The Labute approximate surface area is 217 Å².